The minimum Gasteiger partial charge on any atom is -0.460 e. The van der Waals surface area contributed by atoms with Crippen molar-refractivity contribution >= 4 is 44.0 Å². The molecule has 1 saturated heterocycles. The number of carbonyl (C=O) groups excluding carboxylic acids is 6. The summed E-state index contributed by atoms with van der Waals surface area (Å²) in [5, 5.41) is 0. The number of methoxy groups -OCH3 is 2. The number of rotatable bonds is 2. The molecule has 0 aromatic rings. The first kappa shape index (κ1) is 16.3. The molecular formula is C8H6O12P+. The van der Waals surface area contributed by atoms with Crippen LogP contribution in [0.25, 0.3) is 0 Å². The number of carbonyl (C=O) groups is 6. The fourth-order valence-electron chi connectivity index (χ4n) is 0.834. The Bertz CT molecular complexity index is 487. The number of hydrogen-bond donors (Lipinski definition) is 0. The van der Waals surface area contributed by atoms with E-state index in [4.69, 9.17) is 0 Å². The van der Waals surface area contributed by atoms with Crippen LogP contribution >= 0.6 is 8.17 Å². The molecule has 0 aromatic carbocycles. The Morgan fingerprint density at radius 3 is 1.38 bits per heavy atom. The van der Waals surface area contributed by atoms with Crippen LogP contribution in [0, 0.1) is 0 Å². The number of ether oxygens (including phenoxy) is 2. The molecule has 0 unspecified atom stereocenters. The van der Waals surface area contributed by atoms with E-state index in [0.717, 1.165) is 14.2 Å². The molecular weight excluding hydrogens is 319 g/mol. The Morgan fingerprint density at radius 2 is 1.10 bits per heavy atom. The van der Waals surface area contributed by atoms with Crippen LogP contribution in [-0.4, -0.2) is 50.0 Å². The summed E-state index contributed by atoms with van der Waals surface area (Å²) >= 11 is 0. The Balaban J connectivity index is 2.97. The van der Waals surface area contributed by atoms with Crippen molar-refractivity contribution < 1.29 is 56.3 Å². The molecule has 12 nitrogen and oxygen atoms in total. The molecule has 21 heavy (non-hydrogen) atoms. The predicted octanol–water partition coefficient (Wildman–Crippen LogP) is -1.80. The van der Waals surface area contributed by atoms with E-state index >= 15 is 0 Å². The molecule has 0 saturated carbocycles. The summed E-state index contributed by atoms with van der Waals surface area (Å²) in [5.41, 5.74) is 0. The second kappa shape index (κ2) is 6.13. The predicted molar refractivity (Wildman–Crippen MR) is 55.3 cm³/mol. The van der Waals surface area contributed by atoms with Gasteiger partial charge in [0.05, 0.1) is 14.2 Å². The van der Waals surface area contributed by atoms with Crippen LogP contribution in [0.2, 0.25) is 0 Å². The topological polar surface area (TPSA) is 158 Å². The van der Waals surface area contributed by atoms with Gasteiger partial charge >= 0.3 is 44.0 Å². The highest BCUT2D eigenvalue weighted by Gasteiger charge is 2.71. The Labute approximate surface area is 115 Å². The van der Waals surface area contributed by atoms with E-state index in [1.54, 1.807) is 0 Å². The third-order valence-corrected chi connectivity index (χ3v) is 3.21. The summed E-state index contributed by atoms with van der Waals surface area (Å²) in [5.74, 6) is -10.0. The fourth-order valence-corrected chi connectivity index (χ4v) is 2.17. The maximum absolute atomic E-state index is 11.2. The van der Waals surface area contributed by atoms with Gasteiger partial charge in [0.25, 0.3) is 0 Å². The summed E-state index contributed by atoms with van der Waals surface area (Å²) in [7, 11) is -3.06. The van der Waals surface area contributed by atoms with Crippen molar-refractivity contribution in [1.29, 1.82) is 0 Å². The second-order valence-electron chi connectivity index (χ2n) is 2.95. The van der Waals surface area contributed by atoms with Gasteiger partial charge < -0.3 is 9.47 Å². The maximum atomic E-state index is 11.2. The van der Waals surface area contributed by atoms with E-state index < -0.39 is 44.0 Å². The summed E-state index contributed by atoms with van der Waals surface area (Å²) in [6.07, 6.45) is 0. The zero-order valence-corrected chi connectivity index (χ0v) is 11.2. The third kappa shape index (κ3) is 3.63. The van der Waals surface area contributed by atoms with Crippen molar-refractivity contribution in [3.63, 3.8) is 0 Å². The molecule has 1 heterocycles. The highest BCUT2D eigenvalue weighted by Crippen LogP contribution is 2.66. The Kier molecular flexibility index (Phi) is 4.76. The monoisotopic (exact) mass is 325 g/mol. The summed E-state index contributed by atoms with van der Waals surface area (Å²) in [4.78, 5) is 66.1. The minimum atomic E-state index is -4.71. The van der Waals surface area contributed by atoms with E-state index in [9.17, 15) is 28.8 Å². The largest absolute Gasteiger partial charge is 0.781 e. The zero-order valence-electron chi connectivity index (χ0n) is 10.3. The summed E-state index contributed by atoms with van der Waals surface area (Å²) < 4.78 is 24.8. The van der Waals surface area contributed by atoms with E-state index in [0.29, 0.717) is 0 Å². The van der Waals surface area contributed by atoms with Gasteiger partial charge in [-0.2, -0.15) is 18.1 Å². The van der Waals surface area contributed by atoms with Crippen LogP contribution in [0.3, 0.4) is 0 Å². The first-order valence-electron chi connectivity index (χ1n) is 4.75. The second-order valence-corrected chi connectivity index (χ2v) is 4.57. The van der Waals surface area contributed by atoms with Gasteiger partial charge in [0, 0.05) is 0 Å². The van der Waals surface area contributed by atoms with Gasteiger partial charge in [-0.05, 0) is 0 Å². The molecule has 0 aliphatic carbocycles. The van der Waals surface area contributed by atoms with Crippen LogP contribution in [0.1, 0.15) is 0 Å². The normalized spacial score (nSPS) is 15.3. The van der Waals surface area contributed by atoms with Gasteiger partial charge in [-0.25, -0.2) is 28.8 Å². The van der Waals surface area contributed by atoms with Gasteiger partial charge in [-0.3, -0.25) is 0 Å². The quantitative estimate of drug-likeness (QED) is 0.319. The standard InChI is InChI=1S/C8H6O12P/c1-15-3(9)5(11)17-21(18-6(12)4(10)16-2)19-7(13)8(14)20-21/h1-2H3/q+1. The highest BCUT2D eigenvalue weighted by atomic mass is 31.2. The minimum absolute atomic E-state index is 0.821. The van der Waals surface area contributed by atoms with Crippen LogP contribution in [-0.2, 0) is 56.3 Å². The van der Waals surface area contributed by atoms with Gasteiger partial charge in [0.2, 0.25) is 0 Å². The lowest BCUT2D eigenvalue weighted by molar-refractivity contribution is -0.165. The van der Waals surface area contributed by atoms with E-state index in [1.165, 1.54) is 0 Å². The lowest BCUT2D eigenvalue weighted by atomic mass is 10.7. The number of esters is 2. The van der Waals surface area contributed by atoms with Gasteiger partial charge in [-0.15, -0.1) is 0 Å². The van der Waals surface area contributed by atoms with Crippen molar-refractivity contribution in [3.05, 3.63) is 0 Å². The van der Waals surface area contributed by atoms with Crippen molar-refractivity contribution in [2.75, 3.05) is 14.2 Å². The van der Waals surface area contributed by atoms with E-state index in [-0.39, 0.29) is 0 Å². The van der Waals surface area contributed by atoms with Gasteiger partial charge in [-0.1, -0.05) is 0 Å². The van der Waals surface area contributed by atoms with Crippen LogP contribution in [0.5, 0.6) is 0 Å². The Hall–Kier alpha value is -2.75. The van der Waals surface area contributed by atoms with Gasteiger partial charge in [0.15, 0.2) is 0 Å². The Morgan fingerprint density at radius 1 is 0.762 bits per heavy atom. The van der Waals surface area contributed by atoms with Crippen molar-refractivity contribution in [3.8, 4) is 0 Å². The highest BCUT2D eigenvalue weighted by molar-refractivity contribution is 7.60. The molecule has 1 rings (SSSR count). The molecule has 0 aromatic heterocycles. The average Bonchev–Trinajstić information content (AvgIpc) is 2.70. The molecule has 13 heteroatoms. The average molecular weight is 325 g/mol. The van der Waals surface area contributed by atoms with Crippen LogP contribution < -0.4 is 0 Å². The van der Waals surface area contributed by atoms with E-state index in [1.807, 2.05) is 0 Å². The smallest absolute Gasteiger partial charge is 0.460 e. The third-order valence-electron chi connectivity index (χ3n) is 1.65. The molecule has 0 radical (unpaired) electrons. The van der Waals surface area contributed by atoms with Gasteiger partial charge in [0.1, 0.15) is 0 Å². The number of hydrogen-bond acceptors (Lipinski definition) is 12. The molecule has 1 aliphatic heterocycles. The van der Waals surface area contributed by atoms with Crippen molar-refractivity contribution in [1.82, 2.24) is 0 Å². The molecule has 1 aliphatic rings. The fraction of sp³-hybridized carbons (Fsp3) is 0.250. The molecule has 1 fully saturated rings. The molecule has 0 spiro atoms. The van der Waals surface area contributed by atoms with Crippen LogP contribution in [0.15, 0.2) is 0 Å². The SMILES string of the molecule is COC(=O)C(=O)O[P+]1(OC(=O)C(=O)OC)OC(=O)C(=O)O1. The van der Waals surface area contributed by atoms with Crippen molar-refractivity contribution in [2.45, 2.75) is 0 Å². The van der Waals surface area contributed by atoms with E-state index in [2.05, 4.69) is 27.6 Å². The maximum Gasteiger partial charge on any atom is 0.781 e. The summed E-state index contributed by atoms with van der Waals surface area (Å²) in [6.45, 7) is 0. The lowest BCUT2D eigenvalue weighted by Crippen LogP contribution is -2.24. The molecule has 114 valence electrons. The lowest BCUT2D eigenvalue weighted by Gasteiger charge is -2.08. The first-order valence-corrected chi connectivity index (χ1v) is 6.21. The molecule has 0 atom stereocenters. The molecule has 0 amide bonds. The molecule has 0 N–H and O–H groups in total. The first-order chi connectivity index (χ1) is 9.74. The summed E-state index contributed by atoms with van der Waals surface area (Å²) in [6, 6.07) is 0. The van der Waals surface area contributed by atoms with Crippen molar-refractivity contribution in [2.24, 2.45) is 0 Å². The van der Waals surface area contributed by atoms with Crippen LogP contribution in [0.4, 0.5) is 0 Å². The zero-order chi connectivity index (χ0) is 16.2. The molecule has 0 bridgehead atoms.